The summed E-state index contributed by atoms with van der Waals surface area (Å²) in [7, 11) is 1.61. The number of halogens is 1. The maximum Gasteiger partial charge on any atom is 0.414 e. The van der Waals surface area contributed by atoms with Gasteiger partial charge in [0.2, 0.25) is 11.8 Å². The van der Waals surface area contributed by atoms with Crippen molar-refractivity contribution in [3.63, 3.8) is 0 Å². The van der Waals surface area contributed by atoms with Crippen LogP contribution in [0.15, 0.2) is 42.5 Å². The van der Waals surface area contributed by atoms with Gasteiger partial charge in [-0.05, 0) is 29.3 Å². The number of aliphatic hydroxyl groups excluding tert-OH is 1. The third kappa shape index (κ3) is 5.42. The summed E-state index contributed by atoms with van der Waals surface area (Å²) in [5, 5.41) is 12.9. The number of hydrogen-bond donors (Lipinski definition) is 2. The third-order valence-corrected chi connectivity index (χ3v) is 5.31. The summed E-state index contributed by atoms with van der Waals surface area (Å²) in [6.07, 6.45) is -1.95. The highest BCUT2D eigenvalue weighted by Gasteiger charge is 2.32. The molecule has 2 aromatic carbocycles. The second kappa shape index (κ2) is 9.78. The van der Waals surface area contributed by atoms with Gasteiger partial charge in [-0.15, -0.1) is 0 Å². The van der Waals surface area contributed by atoms with Crippen LogP contribution in [0, 0.1) is 5.82 Å². The fourth-order valence-corrected chi connectivity index (χ4v) is 3.38. The molecule has 0 bridgehead atoms. The lowest BCUT2D eigenvalue weighted by atomic mass is 10.0. The van der Waals surface area contributed by atoms with Crippen molar-refractivity contribution < 1.29 is 28.6 Å². The van der Waals surface area contributed by atoms with Crippen LogP contribution in [-0.4, -0.2) is 60.7 Å². The Bertz CT molecular complexity index is 1010. The van der Waals surface area contributed by atoms with Crippen molar-refractivity contribution in [3.8, 4) is 11.1 Å². The third-order valence-electron chi connectivity index (χ3n) is 5.31. The fraction of sp³-hybridized carbons (Fsp3) is 0.348. The largest absolute Gasteiger partial charge is 0.442 e. The standard InChI is InChI=1S/C23H26FN3O5/c1-14(28)25-11-19-12-27(23(31)32-19)18-8-9-20(21(24)10-18)16-4-6-17(7-5-16)22(30)13-26(3)15(2)29/h4-10,19,22,30H,11-13H2,1-3H3,(H,25,28)/t19-,22+/m0/s1. The number of carbonyl (C=O) groups is 3. The molecular weight excluding hydrogens is 417 g/mol. The first-order valence-electron chi connectivity index (χ1n) is 10.2. The number of ether oxygens (including phenoxy) is 1. The number of anilines is 1. The Labute approximate surface area is 185 Å². The van der Waals surface area contributed by atoms with Gasteiger partial charge < -0.3 is 20.1 Å². The van der Waals surface area contributed by atoms with Gasteiger partial charge in [0.05, 0.1) is 31.4 Å². The van der Waals surface area contributed by atoms with Gasteiger partial charge in [-0.25, -0.2) is 9.18 Å². The van der Waals surface area contributed by atoms with E-state index >= 15 is 0 Å². The Morgan fingerprint density at radius 3 is 2.53 bits per heavy atom. The van der Waals surface area contributed by atoms with E-state index in [0.717, 1.165) is 0 Å². The summed E-state index contributed by atoms with van der Waals surface area (Å²) in [5.41, 5.74) is 1.93. The number of nitrogens with zero attached hydrogens (tertiary/aromatic N) is 2. The molecule has 1 aliphatic rings. The molecule has 0 unspecified atom stereocenters. The van der Waals surface area contributed by atoms with Crippen LogP contribution in [0.5, 0.6) is 0 Å². The molecule has 3 rings (SSSR count). The quantitative estimate of drug-likeness (QED) is 0.685. The maximum absolute atomic E-state index is 14.9. The molecule has 170 valence electrons. The highest BCUT2D eigenvalue weighted by atomic mass is 19.1. The summed E-state index contributed by atoms with van der Waals surface area (Å²) >= 11 is 0. The molecule has 2 aromatic rings. The van der Waals surface area contributed by atoms with Gasteiger partial charge in [-0.2, -0.15) is 0 Å². The first kappa shape index (κ1) is 23.2. The number of carbonyl (C=O) groups excluding carboxylic acids is 3. The van der Waals surface area contributed by atoms with Crippen LogP contribution in [0.2, 0.25) is 0 Å². The highest BCUT2D eigenvalue weighted by molar-refractivity contribution is 5.90. The van der Waals surface area contributed by atoms with Crippen LogP contribution in [0.25, 0.3) is 11.1 Å². The lowest BCUT2D eigenvalue weighted by molar-refractivity contribution is -0.128. The van der Waals surface area contributed by atoms with Crippen molar-refractivity contribution in [3.05, 3.63) is 53.8 Å². The van der Waals surface area contributed by atoms with Crippen molar-refractivity contribution in [2.45, 2.75) is 26.1 Å². The zero-order valence-electron chi connectivity index (χ0n) is 18.2. The Balaban J connectivity index is 1.71. The number of likely N-dealkylation sites (N-methyl/N-ethyl adjacent to an activating group) is 1. The first-order chi connectivity index (χ1) is 15.2. The van der Waals surface area contributed by atoms with Crippen molar-refractivity contribution in [1.82, 2.24) is 10.2 Å². The Morgan fingerprint density at radius 1 is 1.25 bits per heavy atom. The average Bonchev–Trinajstić information content (AvgIpc) is 3.12. The van der Waals surface area contributed by atoms with Crippen molar-refractivity contribution in [1.29, 1.82) is 0 Å². The highest BCUT2D eigenvalue weighted by Crippen LogP contribution is 2.30. The molecule has 9 heteroatoms. The van der Waals surface area contributed by atoms with Gasteiger partial charge in [0.1, 0.15) is 11.9 Å². The van der Waals surface area contributed by atoms with E-state index in [1.54, 1.807) is 43.4 Å². The second-order valence-corrected chi connectivity index (χ2v) is 7.75. The summed E-state index contributed by atoms with van der Waals surface area (Å²) < 4.78 is 20.1. The first-order valence-corrected chi connectivity index (χ1v) is 10.2. The van der Waals surface area contributed by atoms with E-state index in [0.29, 0.717) is 22.4 Å². The molecule has 1 aliphatic heterocycles. The molecule has 1 heterocycles. The molecule has 1 saturated heterocycles. The minimum atomic E-state index is -0.850. The molecule has 0 spiro atoms. The summed E-state index contributed by atoms with van der Waals surface area (Å²) in [6, 6.07) is 11.2. The van der Waals surface area contributed by atoms with Crippen LogP contribution >= 0.6 is 0 Å². The van der Waals surface area contributed by atoms with Crippen LogP contribution in [0.4, 0.5) is 14.9 Å². The van der Waals surface area contributed by atoms with Gasteiger partial charge in [-0.1, -0.05) is 24.3 Å². The van der Waals surface area contributed by atoms with Crippen LogP contribution < -0.4 is 10.2 Å². The summed E-state index contributed by atoms with van der Waals surface area (Å²) in [5.74, 6) is -0.879. The molecule has 8 nitrogen and oxygen atoms in total. The Hall–Kier alpha value is -3.46. The topological polar surface area (TPSA) is 99.2 Å². The van der Waals surface area contributed by atoms with E-state index in [1.807, 2.05) is 0 Å². The molecule has 0 saturated carbocycles. The SMILES string of the molecule is CC(=O)NC[C@H]1CN(c2ccc(-c3ccc([C@H](O)CN(C)C(C)=O)cc3)c(F)c2)C(=O)O1. The number of cyclic esters (lactones) is 1. The molecule has 0 aromatic heterocycles. The van der Waals surface area contributed by atoms with E-state index < -0.39 is 24.1 Å². The lowest BCUT2D eigenvalue weighted by Crippen LogP contribution is -2.33. The van der Waals surface area contributed by atoms with Crippen molar-refractivity contribution in [2.24, 2.45) is 0 Å². The smallest absolute Gasteiger partial charge is 0.414 e. The average molecular weight is 443 g/mol. The Kier molecular flexibility index (Phi) is 7.09. The number of nitrogens with one attached hydrogen (secondary N) is 1. The number of benzene rings is 2. The monoisotopic (exact) mass is 443 g/mol. The van der Waals surface area contributed by atoms with E-state index in [9.17, 15) is 23.9 Å². The summed E-state index contributed by atoms with van der Waals surface area (Å²) in [4.78, 5) is 37.2. The van der Waals surface area contributed by atoms with E-state index in [-0.39, 0.29) is 31.4 Å². The van der Waals surface area contributed by atoms with Gasteiger partial charge in [-0.3, -0.25) is 14.5 Å². The zero-order chi connectivity index (χ0) is 23.4. The predicted octanol–water partition coefficient (Wildman–Crippen LogP) is 2.47. The summed E-state index contributed by atoms with van der Waals surface area (Å²) in [6.45, 7) is 3.36. The van der Waals surface area contributed by atoms with Gasteiger partial charge >= 0.3 is 6.09 Å². The van der Waals surface area contributed by atoms with Crippen LogP contribution in [-0.2, 0) is 14.3 Å². The molecule has 0 radical (unpaired) electrons. The molecule has 0 aliphatic carbocycles. The van der Waals surface area contributed by atoms with Gasteiger partial charge in [0.15, 0.2) is 0 Å². The van der Waals surface area contributed by atoms with E-state index in [2.05, 4.69) is 5.32 Å². The molecule has 2 atom stereocenters. The second-order valence-electron chi connectivity index (χ2n) is 7.75. The van der Waals surface area contributed by atoms with Crippen molar-refractivity contribution in [2.75, 3.05) is 31.6 Å². The number of amides is 3. The van der Waals surface area contributed by atoms with Crippen molar-refractivity contribution >= 4 is 23.6 Å². The number of rotatable bonds is 7. The lowest BCUT2D eigenvalue weighted by Gasteiger charge is -2.20. The molecule has 2 N–H and O–H groups in total. The normalized spacial score (nSPS) is 16.5. The predicted molar refractivity (Wildman–Crippen MR) is 116 cm³/mol. The number of aliphatic hydroxyl groups is 1. The van der Waals surface area contributed by atoms with Gasteiger partial charge in [0, 0.05) is 26.5 Å². The van der Waals surface area contributed by atoms with Gasteiger partial charge in [0.25, 0.3) is 0 Å². The molecule has 3 amide bonds. The molecule has 1 fully saturated rings. The fourth-order valence-electron chi connectivity index (χ4n) is 3.38. The zero-order valence-corrected chi connectivity index (χ0v) is 18.2. The number of hydrogen-bond acceptors (Lipinski definition) is 5. The molecule has 32 heavy (non-hydrogen) atoms. The maximum atomic E-state index is 14.9. The van der Waals surface area contributed by atoms with Crippen LogP contribution in [0.1, 0.15) is 25.5 Å². The van der Waals surface area contributed by atoms with Crippen LogP contribution in [0.3, 0.4) is 0 Å². The molecular formula is C23H26FN3O5. The van der Waals surface area contributed by atoms with E-state index in [1.165, 1.54) is 29.7 Å². The minimum Gasteiger partial charge on any atom is -0.442 e. The Morgan fingerprint density at radius 2 is 1.94 bits per heavy atom. The minimum absolute atomic E-state index is 0.147. The van der Waals surface area contributed by atoms with E-state index in [4.69, 9.17) is 4.74 Å².